The van der Waals surface area contributed by atoms with Crippen LogP contribution in [-0.2, 0) is 4.79 Å². The number of imide groups is 1. The van der Waals surface area contributed by atoms with Crippen LogP contribution in [0.1, 0.15) is 19.4 Å². The predicted molar refractivity (Wildman–Crippen MR) is 118 cm³/mol. The van der Waals surface area contributed by atoms with E-state index in [0.717, 1.165) is 17.3 Å². The summed E-state index contributed by atoms with van der Waals surface area (Å²) >= 11 is 6.76. The van der Waals surface area contributed by atoms with Gasteiger partial charge in [-0.2, -0.15) is 0 Å². The highest BCUT2D eigenvalue weighted by molar-refractivity contribution is 8.18. The van der Waals surface area contributed by atoms with Crippen LogP contribution in [0, 0.1) is 0 Å². The van der Waals surface area contributed by atoms with E-state index in [4.69, 9.17) is 25.8 Å². The monoisotopic (exact) mass is 447 g/mol. The first-order valence-corrected chi connectivity index (χ1v) is 10.7. The molecule has 0 saturated carbocycles. The maximum absolute atomic E-state index is 12.7. The van der Waals surface area contributed by atoms with Crippen molar-refractivity contribution in [2.45, 2.75) is 13.8 Å². The van der Waals surface area contributed by atoms with E-state index in [2.05, 4.69) is 0 Å². The van der Waals surface area contributed by atoms with Crippen LogP contribution in [0.25, 0.3) is 6.08 Å². The number of benzene rings is 2. The molecule has 0 spiro atoms. The minimum Gasteiger partial charge on any atom is -0.492 e. The molecule has 0 bridgehead atoms. The van der Waals surface area contributed by atoms with Gasteiger partial charge in [-0.3, -0.25) is 14.5 Å². The molecule has 8 heteroatoms. The first-order valence-electron chi connectivity index (χ1n) is 9.55. The van der Waals surface area contributed by atoms with E-state index in [9.17, 15) is 9.59 Å². The van der Waals surface area contributed by atoms with Crippen molar-refractivity contribution in [3.8, 4) is 17.2 Å². The molecule has 158 valence electrons. The number of amides is 2. The van der Waals surface area contributed by atoms with Crippen LogP contribution in [0.4, 0.5) is 4.79 Å². The fraction of sp³-hybridized carbons (Fsp3) is 0.273. The quantitative estimate of drug-likeness (QED) is 0.489. The Morgan fingerprint density at radius 2 is 1.67 bits per heavy atom. The van der Waals surface area contributed by atoms with Crippen molar-refractivity contribution in [3.05, 3.63) is 58.0 Å². The summed E-state index contributed by atoms with van der Waals surface area (Å²) < 4.78 is 16.8. The van der Waals surface area contributed by atoms with Crippen molar-refractivity contribution in [2.75, 3.05) is 26.4 Å². The zero-order valence-electron chi connectivity index (χ0n) is 16.7. The Morgan fingerprint density at radius 3 is 2.37 bits per heavy atom. The SMILES string of the molecule is CCOc1ccc(/C=C2\SC(=O)N(CCOc3ccc(Cl)cc3)C2=O)cc1OCC. The van der Waals surface area contributed by atoms with E-state index in [0.29, 0.717) is 40.4 Å². The van der Waals surface area contributed by atoms with Gasteiger partial charge >= 0.3 is 0 Å². The third kappa shape index (κ3) is 5.49. The molecule has 30 heavy (non-hydrogen) atoms. The molecule has 0 aromatic heterocycles. The van der Waals surface area contributed by atoms with Crippen LogP contribution in [0.2, 0.25) is 5.02 Å². The lowest BCUT2D eigenvalue weighted by atomic mass is 10.2. The molecular weight excluding hydrogens is 426 g/mol. The Morgan fingerprint density at radius 1 is 0.967 bits per heavy atom. The van der Waals surface area contributed by atoms with Gasteiger partial charge in [0, 0.05) is 5.02 Å². The fourth-order valence-corrected chi connectivity index (χ4v) is 3.78. The van der Waals surface area contributed by atoms with Crippen LogP contribution < -0.4 is 14.2 Å². The standard InChI is InChI=1S/C22H22ClNO5S/c1-3-27-18-10-5-15(13-19(18)28-4-2)14-20-21(25)24(22(26)30-20)11-12-29-17-8-6-16(23)7-9-17/h5-10,13-14H,3-4,11-12H2,1-2H3/b20-14-. The molecule has 0 radical (unpaired) electrons. The highest BCUT2D eigenvalue weighted by Gasteiger charge is 2.34. The van der Waals surface area contributed by atoms with Gasteiger partial charge < -0.3 is 14.2 Å². The molecule has 1 fully saturated rings. The van der Waals surface area contributed by atoms with Gasteiger partial charge in [0.15, 0.2) is 11.5 Å². The Bertz CT molecular complexity index is 945. The van der Waals surface area contributed by atoms with Crippen molar-refractivity contribution in [3.63, 3.8) is 0 Å². The highest BCUT2D eigenvalue weighted by Crippen LogP contribution is 2.34. The zero-order valence-corrected chi connectivity index (χ0v) is 18.3. The minimum atomic E-state index is -0.337. The number of hydrogen-bond acceptors (Lipinski definition) is 6. The molecule has 6 nitrogen and oxygen atoms in total. The van der Waals surface area contributed by atoms with Crippen LogP contribution in [0.5, 0.6) is 17.2 Å². The number of halogens is 1. The molecule has 0 aliphatic carbocycles. The van der Waals surface area contributed by atoms with Crippen LogP contribution >= 0.6 is 23.4 Å². The molecule has 1 aliphatic heterocycles. The lowest BCUT2D eigenvalue weighted by Crippen LogP contribution is -2.32. The molecule has 1 saturated heterocycles. The Labute approximate surface area is 184 Å². The molecule has 3 rings (SSSR count). The molecule has 0 atom stereocenters. The number of carbonyl (C=O) groups is 2. The third-order valence-electron chi connectivity index (χ3n) is 4.14. The first-order chi connectivity index (χ1) is 14.5. The average Bonchev–Trinajstić information content (AvgIpc) is 2.99. The van der Waals surface area contributed by atoms with Crippen molar-refractivity contribution in [2.24, 2.45) is 0 Å². The van der Waals surface area contributed by atoms with E-state index >= 15 is 0 Å². The van der Waals surface area contributed by atoms with Gasteiger partial charge in [0.1, 0.15) is 12.4 Å². The number of hydrogen-bond donors (Lipinski definition) is 0. The molecule has 2 amide bonds. The summed E-state index contributed by atoms with van der Waals surface area (Å²) in [6.45, 7) is 5.17. The highest BCUT2D eigenvalue weighted by atomic mass is 35.5. The minimum absolute atomic E-state index is 0.165. The summed E-state index contributed by atoms with van der Waals surface area (Å²) in [4.78, 5) is 26.5. The van der Waals surface area contributed by atoms with Crippen molar-refractivity contribution in [1.29, 1.82) is 0 Å². The smallest absolute Gasteiger partial charge is 0.293 e. The molecule has 0 unspecified atom stereocenters. The Kier molecular flexibility index (Phi) is 7.65. The second kappa shape index (κ2) is 10.4. The van der Waals surface area contributed by atoms with Gasteiger partial charge in [-0.05, 0) is 73.6 Å². The predicted octanol–water partition coefficient (Wildman–Crippen LogP) is 5.25. The molecule has 1 heterocycles. The second-order valence-electron chi connectivity index (χ2n) is 6.21. The average molecular weight is 448 g/mol. The van der Waals surface area contributed by atoms with Gasteiger partial charge in [-0.25, -0.2) is 0 Å². The van der Waals surface area contributed by atoms with Crippen LogP contribution in [0.3, 0.4) is 0 Å². The number of thioether (sulfide) groups is 1. The van der Waals surface area contributed by atoms with Crippen molar-refractivity contribution in [1.82, 2.24) is 4.90 Å². The largest absolute Gasteiger partial charge is 0.492 e. The molecular formula is C22H22ClNO5S. The summed E-state index contributed by atoms with van der Waals surface area (Å²) in [5.74, 6) is 1.53. The van der Waals surface area contributed by atoms with Gasteiger partial charge in [-0.1, -0.05) is 17.7 Å². The fourth-order valence-electron chi connectivity index (χ4n) is 2.79. The summed E-state index contributed by atoms with van der Waals surface area (Å²) in [5.41, 5.74) is 0.754. The topological polar surface area (TPSA) is 65.1 Å². The van der Waals surface area contributed by atoms with E-state index in [-0.39, 0.29) is 24.3 Å². The number of ether oxygens (including phenoxy) is 3. The molecule has 1 aliphatic rings. The van der Waals surface area contributed by atoms with Crippen molar-refractivity contribution < 1.29 is 23.8 Å². The van der Waals surface area contributed by atoms with Gasteiger partial charge in [0.05, 0.1) is 24.7 Å². The Hall–Kier alpha value is -2.64. The van der Waals surface area contributed by atoms with Gasteiger partial charge in [0.25, 0.3) is 11.1 Å². The number of carbonyl (C=O) groups excluding carboxylic acids is 2. The second-order valence-corrected chi connectivity index (χ2v) is 7.64. The van der Waals surface area contributed by atoms with E-state index < -0.39 is 0 Å². The van der Waals surface area contributed by atoms with Gasteiger partial charge in [-0.15, -0.1) is 0 Å². The molecule has 0 N–H and O–H groups in total. The maximum atomic E-state index is 12.7. The molecule has 2 aromatic carbocycles. The van der Waals surface area contributed by atoms with E-state index in [1.807, 2.05) is 19.9 Å². The van der Waals surface area contributed by atoms with E-state index in [1.165, 1.54) is 4.90 Å². The normalized spacial score (nSPS) is 15.0. The van der Waals surface area contributed by atoms with Gasteiger partial charge in [0.2, 0.25) is 0 Å². The summed E-state index contributed by atoms with van der Waals surface area (Å²) in [6.07, 6.45) is 1.68. The summed E-state index contributed by atoms with van der Waals surface area (Å²) in [6, 6.07) is 12.3. The van der Waals surface area contributed by atoms with Crippen LogP contribution in [-0.4, -0.2) is 42.4 Å². The Balaban J connectivity index is 1.66. The molecule has 2 aromatic rings. The van der Waals surface area contributed by atoms with E-state index in [1.54, 1.807) is 42.5 Å². The van der Waals surface area contributed by atoms with Crippen LogP contribution in [0.15, 0.2) is 47.4 Å². The zero-order chi connectivity index (χ0) is 21.5. The summed E-state index contributed by atoms with van der Waals surface area (Å²) in [5, 5.41) is 0.294. The third-order valence-corrected chi connectivity index (χ3v) is 5.30. The maximum Gasteiger partial charge on any atom is 0.293 e. The van der Waals surface area contributed by atoms with Crippen molar-refractivity contribution >= 4 is 40.6 Å². The lowest BCUT2D eigenvalue weighted by molar-refractivity contribution is -0.123. The lowest BCUT2D eigenvalue weighted by Gasteiger charge is -2.13. The summed E-state index contributed by atoms with van der Waals surface area (Å²) in [7, 11) is 0. The number of rotatable bonds is 9. The first kappa shape index (κ1) is 22.1. The number of nitrogens with zero attached hydrogens (tertiary/aromatic N) is 1.